The zero-order valence-corrected chi connectivity index (χ0v) is 14.0. The molecule has 2 N–H and O–H groups in total. The molecule has 0 saturated heterocycles. The van der Waals surface area contributed by atoms with Gasteiger partial charge in [0.05, 0.1) is 6.10 Å². The summed E-state index contributed by atoms with van der Waals surface area (Å²) >= 11 is 0. The average Bonchev–Trinajstić information content (AvgIpc) is 2.80. The van der Waals surface area contributed by atoms with Gasteiger partial charge in [-0.2, -0.15) is 0 Å². The number of benzene rings is 1. The molecule has 0 bridgehead atoms. The van der Waals surface area contributed by atoms with Crippen LogP contribution in [0.4, 0.5) is 0 Å². The van der Waals surface area contributed by atoms with Gasteiger partial charge in [0.1, 0.15) is 24.8 Å². The van der Waals surface area contributed by atoms with Crippen LogP contribution in [-0.4, -0.2) is 40.3 Å². The monoisotopic (exact) mass is 335 g/mol. The van der Waals surface area contributed by atoms with Crippen molar-refractivity contribution in [1.29, 1.82) is 0 Å². The number of aliphatic hydroxyl groups excluding tert-OH is 2. The molecule has 1 saturated carbocycles. The Bertz CT molecular complexity index is 585. The lowest BCUT2D eigenvalue weighted by atomic mass is 9.98. The molecule has 1 aromatic carbocycles. The van der Waals surface area contributed by atoms with Crippen LogP contribution >= 0.6 is 0 Å². The van der Waals surface area contributed by atoms with Gasteiger partial charge in [-0.25, -0.2) is 4.90 Å². The van der Waals surface area contributed by atoms with Crippen molar-refractivity contribution in [3.05, 3.63) is 29.3 Å². The van der Waals surface area contributed by atoms with Gasteiger partial charge < -0.3 is 19.7 Å². The summed E-state index contributed by atoms with van der Waals surface area (Å²) < 4.78 is 10.9. The van der Waals surface area contributed by atoms with Crippen LogP contribution in [0.15, 0.2) is 18.2 Å². The van der Waals surface area contributed by atoms with Gasteiger partial charge >= 0.3 is 5.97 Å². The van der Waals surface area contributed by atoms with E-state index in [-0.39, 0.29) is 25.2 Å². The summed E-state index contributed by atoms with van der Waals surface area (Å²) in [5.41, 5.74) is 1.32. The molecular formula is C18H25NO5. The number of carbonyl (C=O) groups excluding carboxylic acids is 1. The zero-order chi connectivity index (χ0) is 17.1. The topological polar surface area (TPSA) is 79.2 Å². The van der Waals surface area contributed by atoms with Crippen molar-refractivity contribution in [3.63, 3.8) is 0 Å². The lowest BCUT2D eigenvalue weighted by Crippen LogP contribution is -2.30. The molecule has 1 aliphatic heterocycles. The van der Waals surface area contributed by atoms with Gasteiger partial charge in [0.15, 0.2) is 0 Å². The standard InChI is InChI=1S/C18H25NO5/c1-12(20)23-10-9-19-17(21)15-8-7-14(11-16(15)18(19)22)24-13-5-3-2-4-6-13/h7-8,11,13,17-18,21-22H,2-6,9-10H2,1H3. The Morgan fingerprint density at radius 2 is 1.88 bits per heavy atom. The Morgan fingerprint density at radius 3 is 2.58 bits per heavy atom. The molecular weight excluding hydrogens is 310 g/mol. The molecule has 6 nitrogen and oxygen atoms in total. The predicted molar refractivity (Wildman–Crippen MR) is 87.2 cm³/mol. The first kappa shape index (κ1) is 17.2. The van der Waals surface area contributed by atoms with E-state index >= 15 is 0 Å². The molecule has 2 aliphatic rings. The van der Waals surface area contributed by atoms with E-state index in [4.69, 9.17) is 9.47 Å². The van der Waals surface area contributed by atoms with E-state index in [0.29, 0.717) is 11.1 Å². The third kappa shape index (κ3) is 3.71. The highest BCUT2D eigenvalue weighted by Crippen LogP contribution is 2.40. The number of fused-ring (bicyclic) bond motifs is 1. The van der Waals surface area contributed by atoms with E-state index in [2.05, 4.69) is 0 Å². The number of rotatable bonds is 5. The highest BCUT2D eigenvalue weighted by molar-refractivity contribution is 5.65. The van der Waals surface area contributed by atoms with Crippen LogP contribution in [0.1, 0.15) is 62.6 Å². The van der Waals surface area contributed by atoms with E-state index in [1.807, 2.05) is 12.1 Å². The van der Waals surface area contributed by atoms with E-state index in [9.17, 15) is 15.0 Å². The Labute approximate surface area is 142 Å². The number of carbonyl (C=O) groups is 1. The van der Waals surface area contributed by atoms with Crippen molar-refractivity contribution >= 4 is 5.97 Å². The normalized spacial score (nSPS) is 24.6. The first-order valence-electron chi connectivity index (χ1n) is 8.62. The molecule has 0 radical (unpaired) electrons. The van der Waals surface area contributed by atoms with Crippen molar-refractivity contribution in [2.24, 2.45) is 0 Å². The zero-order valence-electron chi connectivity index (χ0n) is 14.0. The van der Waals surface area contributed by atoms with Crippen LogP contribution in [0, 0.1) is 0 Å². The lowest BCUT2D eigenvalue weighted by molar-refractivity contribution is -0.145. The Hall–Kier alpha value is -1.63. The fourth-order valence-corrected chi connectivity index (χ4v) is 3.49. The average molecular weight is 335 g/mol. The SMILES string of the molecule is CC(=O)OCCN1C(O)c2ccc(OC3CCCCC3)cc2C1O. The van der Waals surface area contributed by atoms with Crippen molar-refractivity contribution in [1.82, 2.24) is 4.90 Å². The number of nitrogens with zero attached hydrogens (tertiary/aromatic N) is 1. The number of hydrogen-bond donors (Lipinski definition) is 2. The highest BCUT2D eigenvalue weighted by atomic mass is 16.5. The summed E-state index contributed by atoms with van der Waals surface area (Å²) in [6.45, 7) is 1.72. The third-order valence-corrected chi connectivity index (χ3v) is 4.75. The predicted octanol–water partition coefficient (Wildman–Crippen LogP) is 2.26. The molecule has 2 unspecified atom stereocenters. The maximum atomic E-state index is 10.9. The molecule has 1 aromatic rings. The van der Waals surface area contributed by atoms with Gasteiger partial charge in [0, 0.05) is 24.6 Å². The number of hydrogen-bond acceptors (Lipinski definition) is 6. The molecule has 0 aromatic heterocycles. The minimum atomic E-state index is -0.930. The second-order valence-corrected chi connectivity index (χ2v) is 6.49. The van der Waals surface area contributed by atoms with Crippen LogP contribution in [0.25, 0.3) is 0 Å². The molecule has 132 valence electrons. The molecule has 24 heavy (non-hydrogen) atoms. The molecule has 1 heterocycles. The molecule has 2 atom stereocenters. The molecule has 0 amide bonds. The van der Waals surface area contributed by atoms with Crippen molar-refractivity contribution < 1.29 is 24.5 Å². The summed E-state index contributed by atoms with van der Waals surface area (Å²) in [4.78, 5) is 12.3. The van der Waals surface area contributed by atoms with Gasteiger partial charge in [-0.1, -0.05) is 12.5 Å². The van der Waals surface area contributed by atoms with Crippen LogP contribution in [0.2, 0.25) is 0 Å². The molecule has 3 rings (SSSR count). The van der Waals surface area contributed by atoms with Gasteiger partial charge in [-0.05, 0) is 37.8 Å². The molecule has 6 heteroatoms. The van der Waals surface area contributed by atoms with Crippen LogP contribution < -0.4 is 4.74 Å². The van der Waals surface area contributed by atoms with E-state index in [1.165, 1.54) is 31.1 Å². The summed E-state index contributed by atoms with van der Waals surface area (Å²) in [6.07, 6.45) is 4.19. The van der Waals surface area contributed by atoms with Gasteiger partial charge in [-0.3, -0.25) is 4.79 Å². The summed E-state index contributed by atoms with van der Waals surface area (Å²) in [5.74, 6) is 0.354. The molecule has 0 spiro atoms. The fourth-order valence-electron chi connectivity index (χ4n) is 3.49. The lowest BCUT2D eigenvalue weighted by Gasteiger charge is -2.24. The number of ether oxygens (including phenoxy) is 2. The largest absolute Gasteiger partial charge is 0.490 e. The number of aliphatic hydroxyl groups is 2. The molecule has 1 aliphatic carbocycles. The first-order valence-corrected chi connectivity index (χ1v) is 8.62. The maximum Gasteiger partial charge on any atom is 0.302 e. The Balaban J connectivity index is 1.67. The summed E-state index contributed by atoms with van der Waals surface area (Å²) in [6, 6.07) is 5.45. The fraction of sp³-hybridized carbons (Fsp3) is 0.611. The van der Waals surface area contributed by atoms with Crippen molar-refractivity contribution in [2.45, 2.75) is 57.6 Å². The van der Waals surface area contributed by atoms with E-state index in [1.54, 1.807) is 6.07 Å². The second kappa shape index (κ2) is 7.51. The van der Waals surface area contributed by atoms with Gasteiger partial charge in [-0.15, -0.1) is 0 Å². The Morgan fingerprint density at radius 1 is 1.17 bits per heavy atom. The second-order valence-electron chi connectivity index (χ2n) is 6.49. The quantitative estimate of drug-likeness (QED) is 0.804. The van der Waals surface area contributed by atoms with Crippen LogP contribution in [0.3, 0.4) is 0 Å². The Kier molecular flexibility index (Phi) is 5.38. The van der Waals surface area contributed by atoms with E-state index < -0.39 is 12.5 Å². The van der Waals surface area contributed by atoms with Crippen molar-refractivity contribution in [3.8, 4) is 5.75 Å². The highest BCUT2D eigenvalue weighted by Gasteiger charge is 2.36. The minimum absolute atomic E-state index is 0.128. The summed E-state index contributed by atoms with van der Waals surface area (Å²) in [7, 11) is 0. The van der Waals surface area contributed by atoms with E-state index in [0.717, 1.165) is 18.6 Å². The van der Waals surface area contributed by atoms with Crippen LogP contribution in [0.5, 0.6) is 5.75 Å². The van der Waals surface area contributed by atoms with Crippen molar-refractivity contribution in [2.75, 3.05) is 13.2 Å². The van der Waals surface area contributed by atoms with Gasteiger partial charge in [0.25, 0.3) is 0 Å². The summed E-state index contributed by atoms with van der Waals surface area (Å²) in [5, 5.41) is 20.9. The molecule has 1 fully saturated rings. The third-order valence-electron chi connectivity index (χ3n) is 4.75. The maximum absolute atomic E-state index is 10.9. The van der Waals surface area contributed by atoms with Crippen LogP contribution in [-0.2, 0) is 9.53 Å². The minimum Gasteiger partial charge on any atom is -0.490 e. The van der Waals surface area contributed by atoms with Gasteiger partial charge in [0.2, 0.25) is 0 Å². The number of esters is 1. The first-order chi connectivity index (χ1) is 11.6. The smallest absolute Gasteiger partial charge is 0.302 e.